The fourth-order valence-electron chi connectivity index (χ4n) is 0.625. The molecule has 0 bridgehead atoms. The van der Waals surface area contributed by atoms with Crippen LogP contribution < -0.4 is 0 Å². The molecule has 0 rings (SSSR count). The zero-order valence-electron chi connectivity index (χ0n) is 7.51. The Morgan fingerprint density at radius 3 is 2.64 bits per heavy atom. The molecule has 2 heteroatoms. The average molecular weight is 176 g/mol. The van der Waals surface area contributed by atoms with Crippen molar-refractivity contribution in [3.8, 4) is 0 Å². The fourth-order valence-corrected chi connectivity index (χ4v) is 1.08. The summed E-state index contributed by atoms with van der Waals surface area (Å²) < 4.78 is 12.6. The van der Waals surface area contributed by atoms with Gasteiger partial charge in [-0.25, -0.2) is 0 Å². The minimum Gasteiger partial charge on any atom is -0.169 e. The first kappa shape index (κ1) is 10.9. The van der Waals surface area contributed by atoms with Crippen LogP contribution in [0.5, 0.6) is 0 Å². The second kappa shape index (κ2) is 6.59. The molecule has 0 amide bonds. The van der Waals surface area contributed by atoms with Gasteiger partial charge >= 0.3 is 0 Å². The highest BCUT2D eigenvalue weighted by molar-refractivity contribution is 8.13. The van der Waals surface area contributed by atoms with Crippen molar-refractivity contribution in [1.29, 1.82) is 0 Å². The molecule has 0 radical (unpaired) electrons. The predicted molar refractivity (Wildman–Crippen MR) is 53.6 cm³/mol. The van der Waals surface area contributed by atoms with E-state index in [2.05, 4.69) is 13.8 Å². The Bertz CT molecular complexity index is 150. The molecule has 0 heterocycles. The molecule has 0 saturated heterocycles. The standard InChI is InChI=1S/C9H17FS/c1-4-9(3)7-6-8-11(10)5-2/h5-6,8-9H,4,7H2,1-3H3/b8-6-. The molecule has 0 spiro atoms. The molecule has 0 aliphatic rings. The molecule has 0 aromatic carbocycles. The van der Waals surface area contributed by atoms with Crippen molar-refractivity contribution >= 4 is 16.2 Å². The molecule has 0 aliphatic heterocycles. The molecule has 0 fully saturated rings. The molecular weight excluding hydrogens is 159 g/mol. The van der Waals surface area contributed by atoms with Crippen LogP contribution in [0, 0.1) is 5.92 Å². The summed E-state index contributed by atoms with van der Waals surface area (Å²) in [5, 5.41) is 3.22. The summed E-state index contributed by atoms with van der Waals surface area (Å²) in [6.45, 7) is 6.08. The van der Waals surface area contributed by atoms with Crippen molar-refractivity contribution in [3.05, 3.63) is 11.5 Å². The molecule has 11 heavy (non-hydrogen) atoms. The maximum absolute atomic E-state index is 12.6. The molecule has 0 aromatic heterocycles. The van der Waals surface area contributed by atoms with Crippen molar-refractivity contribution in [3.63, 3.8) is 0 Å². The first-order valence-corrected chi connectivity index (χ1v) is 5.30. The Morgan fingerprint density at radius 2 is 2.18 bits per heavy atom. The van der Waals surface area contributed by atoms with Gasteiger partial charge in [0, 0.05) is 10.9 Å². The van der Waals surface area contributed by atoms with E-state index in [0.29, 0.717) is 5.92 Å². The van der Waals surface area contributed by atoms with Crippen molar-refractivity contribution in [2.75, 3.05) is 0 Å². The molecule has 0 saturated carbocycles. The highest BCUT2D eigenvalue weighted by Gasteiger charge is 1.93. The monoisotopic (exact) mass is 176 g/mol. The first-order valence-electron chi connectivity index (χ1n) is 4.05. The van der Waals surface area contributed by atoms with Gasteiger partial charge in [-0.05, 0) is 30.0 Å². The van der Waals surface area contributed by atoms with Gasteiger partial charge in [-0.1, -0.05) is 26.3 Å². The lowest BCUT2D eigenvalue weighted by atomic mass is 10.1. The molecule has 2 atom stereocenters. The average Bonchev–Trinajstić information content (AvgIpc) is 2.04. The summed E-state index contributed by atoms with van der Waals surface area (Å²) >= 11 is 0. The Labute approximate surface area is 71.7 Å². The van der Waals surface area contributed by atoms with Gasteiger partial charge < -0.3 is 0 Å². The Kier molecular flexibility index (Phi) is 6.52. The second-order valence-electron chi connectivity index (χ2n) is 2.67. The zero-order valence-corrected chi connectivity index (χ0v) is 8.33. The summed E-state index contributed by atoms with van der Waals surface area (Å²) in [6.07, 6.45) is 4.11. The van der Waals surface area contributed by atoms with Crippen LogP contribution in [0.1, 0.15) is 33.6 Å². The van der Waals surface area contributed by atoms with Crippen LogP contribution in [-0.2, 0) is 0 Å². The van der Waals surface area contributed by atoms with Gasteiger partial charge in [0.05, 0.1) is 0 Å². The minimum absolute atomic E-state index is 0.681. The molecule has 0 nitrogen and oxygen atoms in total. The van der Waals surface area contributed by atoms with Crippen molar-refractivity contribution in [1.82, 2.24) is 0 Å². The van der Waals surface area contributed by atoms with Crippen molar-refractivity contribution in [2.45, 2.75) is 33.6 Å². The van der Waals surface area contributed by atoms with E-state index < -0.39 is 10.9 Å². The normalized spacial score (nSPS) is 17.5. The lowest BCUT2D eigenvalue weighted by Gasteiger charge is -2.01. The zero-order chi connectivity index (χ0) is 8.69. The third kappa shape index (κ3) is 6.29. The summed E-state index contributed by atoms with van der Waals surface area (Å²) in [7, 11) is -1.10. The number of allylic oxidation sites excluding steroid dienone is 1. The lowest BCUT2D eigenvalue weighted by molar-refractivity contribution is 0.572. The number of halogens is 1. The van der Waals surface area contributed by atoms with Gasteiger partial charge in [0.25, 0.3) is 0 Å². The van der Waals surface area contributed by atoms with Crippen molar-refractivity contribution in [2.24, 2.45) is 5.92 Å². The molecule has 0 aliphatic carbocycles. The SMILES string of the molecule is C/C=S(F)\C=C/CC(C)CC. The summed E-state index contributed by atoms with van der Waals surface area (Å²) in [5.74, 6) is 0.681. The van der Waals surface area contributed by atoms with Gasteiger partial charge in [0.1, 0.15) is 0 Å². The number of rotatable bonds is 4. The van der Waals surface area contributed by atoms with E-state index in [1.54, 1.807) is 17.7 Å². The lowest BCUT2D eigenvalue weighted by Crippen LogP contribution is -1.87. The Hall–Kier alpha value is -0.110. The van der Waals surface area contributed by atoms with Crippen molar-refractivity contribution < 1.29 is 3.89 Å². The van der Waals surface area contributed by atoms with E-state index in [4.69, 9.17) is 0 Å². The van der Waals surface area contributed by atoms with E-state index in [-0.39, 0.29) is 0 Å². The molecule has 0 N–H and O–H groups in total. The third-order valence-electron chi connectivity index (χ3n) is 1.69. The van der Waals surface area contributed by atoms with Crippen LogP contribution in [0.15, 0.2) is 11.5 Å². The van der Waals surface area contributed by atoms with E-state index in [1.165, 1.54) is 6.42 Å². The maximum atomic E-state index is 12.6. The fraction of sp³-hybridized carbons (Fsp3) is 0.667. The predicted octanol–water partition coefficient (Wildman–Crippen LogP) is 3.91. The van der Waals surface area contributed by atoms with E-state index in [1.807, 2.05) is 6.08 Å². The highest BCUT2D eigenvalue weighted by Crippen LogP contribution is 2.16. The quantitative estimate of drug-likeness (QED) is 0.570. The van der Waals surface area contributed by atoms with Gasteiger partial charge in [-0.15, -0.1) is 0 Å². The smallest absolute Gasteiger partial charge is 0.00959 e. The largest absolute Gasteiger partial charge is 0.169 e. The van der Waals surface area contributed by atoms with E-state index in [0.717, 1.165) is 6.42 Å². The van der Waals surface area contributed by atoms with Crippen LogP contribution in [0.3, 0.4) is 0 Å². The Morgan fingerprint density at radius 1 is 1.55 bits per heavy atom. The maximum Gasteiger partial charge on any atom is 0.00959 e. The van der Waals surface area contributed by atoms with Crippen LogP contribution in [0.25, 0.3) is 0 Å². The van der Waals surface area contributed by atoms with Gasteiger partial charge in [-0.3, -0.25) is 0 Å². The van der Waals surface area contributed by atoms with E-state index in [9.17, 15) is 3.89 Å². The highest BCUT2D eigenvalue weighted by atomic mass is 32.2. The first-order chi connectivity index (χ1) is 5.20. The number of hydrogen-bond acceptors (Lipinski definition) is 0. The summed E-state index contributed by atoms with van der Waals surface area (Å²) in [6, 6.07) is 0. The third-order valence-corrected chi connectivity index (χ3v) is 2.59. The van der Waals surface area contributed by atoms with Crippen LogP contribution >= 0.6 is 10.9 Å². The van der Waals surface area contributed by atoms with Gasteiger partial charge in [0.15, 0.2) is 0 Å². The summed E-state index contributed by atoms with van der Waals surface area (Å²) in [5.41, 5.74) is 0. The topological polar surface area (TPSA) is 0 Å². The summed E-state index contributed by atoms with van der Waals surface area (Å²) in [4.78, 5) is 0. The molecule has 66 valence electrons. The molecule has 0 aromatic rings. The minimum atomic E-state index is -1.10. The Balaban J connectivity index is 3.60. The van der Waals surface area contributed by atoms with Crippen LogP contribution in [-0.4, -0.2) is 5.37 Å². The molecular formula is C9H17FS. The van der Waals surface area contributed by atoms with Gasteiger partial charge in [0.2, 0.25) is 0 Å². The second-order valence-corrected chi connectivity index (χ2v) is 4.04. The van der Waals surface area contributed by atoms with E-state index >= 15 is 0 Å². The number of hydrogen-bond donors (Lipinski definition) is 0. The van der Waals surface area contributed by atoms with Crippen LogP contribution in [0.4, 0.5) is 3.89 Å². The van der Waals surface area contributed by atoms with Crippen LogP contribution in [0.2, 0.25) is 0 Å². The molecule has 2 unspecified atom stereocenters. The van der Waals surface area contributed by atoms with Gasteiger partial charge in [-0.2, -0.15) is 3.89 Å².